The number of methoxy groups -OCH3 is 1. The number of ether oxygens (including phenoxy) is 1. The van der Waals surface area contributed by atoms with Gasteiger partial charge in [-0.2, -0.15) is 4.37 Å². The maximum absolute atomic E-state index is 5.61. The second kappa shape index (κ2) is 4.85. The van der Waals surface area contributed by atoms with Gasteiger partial charge in [0.1, 0.15) is 5.75 Å². The summed E-state index contributed by atoms with van der Waals surface area (Å²) in [6, 6.07) is 6.09. The Morgan fingerprint density at radius 3 is 2.65 bits per heavy atom. The molecule has 0 spiro atoms. The van der Waals surface area contributed by atoms with E-state index in [1.165, 1.54) is 17.1 Å². The van der Waals surface area contributed by atoms with Gasteiger partial charge < -0.3 is 10.5 Å². The standard InChI is InChI=1S/C13H16N2OS/c1-8-9(2)13(16-3)5-4-11(8)12-6-10(7-14)17-15-12/h4-6H,7,14H2,1-3H3. The highest BCUT2D eigenvalue weighted by atomic mass is 32.1. The van der Waals surface area contributed by atoms with Crippen LogP contribution in [0.1, 0.15) is 16.0 Å². The minimum Gasteiger partial charge on any atom is -0.496 e. The molecule has 4 heteroatoms. The van der Waals surface area contributed by atoms with Crippen LogP contribution in [0.4, 0.5) is 0 Å². The first-order chi connectivity index (χ1) is 8.17. The molecule has 0 aliphatic carbocycles. The summed E-state index contributed by atoms with van der Waals surface area (Å²) in [5.41, 5.74) is 10.1. The van der Waals surface area contributed by atoms with Crippen LogP contribution in [0.25, 0.3) is 11.3 Å². The van der Waals surface area contributed by atoms with Crippen molar-refractivity contribution in [2.45, 2.75) is 20.4 Å². The Balaban J connectivity index is 2.49. The second-order valence-corrected chi connectivity index (χ2v) is 4.84. The minimum absolute atomic E-state index is 0.547. The lowest BCUT2D eigenvalue weighted by Crippen LogP contribution is -1.93. The molecule has 2 rings (SSSR count). The van der Waals surface area contributed by atoms with Gasteiger partial charge in [-0.1, -0.05) is 0 Å². The third kappa shape index (κ3) is 2.18. The first-order valence-corrected chi connectivity index (χ1v) is 6.25. The van der Waals surface area contributed by atoms with Crippen molar-refractivity contribution in [2.24, 2.45) is 5.73 Å². The van der Waals surface area contributed by atoms with E-state index in [1.54, 1.807) is 7.11 Å². The monoisotopic (exact) mass is 248 g/mol. The lowest BCUT2D eigenvalue weighted by molar-refractivity contribution is 0.411. The van der Waals surface area contributed by atoms with Crippen molar-refractivity contribution in [3.05, 3.63) is 34.2 Å². The highest BCUT2D eigenvalue weighted by Crippen LogP contribution is 2.31. The van der Waals surface area contributed by atoms with Crippen LogP contribution in [-0.4, -0.2) is 11.5 Å². The molecule has 0 atom stereocenters. The Labute approximate surface area is 105 Å². The molecule has 0 radical (unpaired) electrons. The lowest BCUT2D eigenvalue weighted by atomic mass is 10.00. The van der Waals surface area contributed by atoms with Crippen LogP contribution in [0, 0.1) is 13.8 Å². The van der Waals surface area contributed by atoms with Gasteiger partial charge in [0.05, 0.1) is 12.8 Å². The highest BCUT2D eigenvalue weighted by molar-refractivity contribution is 7.06. The van der Waals surface area contributed by atoms with Crippen LogP contribution < -0.4 is 10.5 Å². The molecule has 0 amide bonds. The summed E-state index contributed by atoms with van der Waals surface area (Å²) in [5.74, 6) is 0.917. The summed E-state index contributed by atoms with van der Waals surface area (Å²) in [6.45, 7) is 4.70. The number of benzene rings is 1. The van der Waals surface area contributed by atoms with E-state index in [-0.39, 0.29) is 0 Å². The Bertz CT molecular complexity index is 534. The molecule has 0 unspecified atom stereocenters. The normalized spacial score (nSPS) is 10.6. The lowest BCUT2D eigenvalue weighted by Gasteiger charge is -2.10. The third-order valence-electron chi connectivity index (χ3n) is 2.99. The molecular weight excluding hydrogens is 232 g/mol. The molecule has 0 aliphatic heterocycles. The smallest absolute Gasteiger partial charge is 0.122 e. The molecule has 0 aliphatic rings. The largest absolute Gasteiger partial charge is 0.496 e. The average Bonchev–Trinajstić information content (AvgIpc) is 2.81. The topological polar surface area (TPSA) is 48.1 Å². The quantitative estimate of drug-likeness (QED) is 0.908. The Morgan fingerprint density at radius 2 is 2.06 bits per heavy atom. The first kappa shape index (κ1) is 12.1. The van der Waals surface area contributed by atoms with E-state index in [1.807, 2.05) is 6.07 Å². The van der Waals surface area contributed by atoms with Crippen molar-refractivity contribution in [2.75, 3.05) is 7.11 Å². The van der Waals surface area contributed by atoms with Crippen LogP contribution in [0.15, 0.2) is 18.2 Å². The Morgan fingerprint density at radius 1 is 1.29 bits per heavy atom. The molecule has 0 fully saturated rings. The zero-order valence-electron chi connectivity index (χ0n) is 10.3. The molecule has 0 saturated heterocycles. The number of nitrogens with two attached hydrogens (primary N) is 1. The van der Waals surface area contributed by atoms with Crippen LogP contribution in [0.3, 0.4) is 0 Å². The summed E-state index contributed by atoms with van der Waals surface area (Å²) in [6.07, 6.45) is 0. The molecule has 2 N–H and O–H groups in total. The number of hydrogen-bond acceptors (Lipinski definition) is 4. The van der Waals surface area contributed by atoms with E-state index >= 15 is 0 Å². The summed E-state index contributed by atoms with van der Waals surface area (Å²) in [5, 5.41) is 0. The Hall–Kier alpha value is -1.39. The zero-order valence-corrected chi connectivity index (χ0v) is 11.1. The number of hydrogen-bond donors (Lipinski definition) is 1. The maximum atomic E-state index is 5.61. The number of aromatic nitrogens is 1. The summed E-state index contributed by atoms with van der Waals surface area (Å²) < 4.78 is 9.74. The molecule has 1 aromatic heterocycles. The van der Waals surface area contributed by atoms with E-state index in [4.69, 9.17) is 10.5 Å². The molecule has 1 aromatic carbocycles. The van der Waals surface area contributed by atoms with Gasteiger partial charge in [0, 0.05) is 17.0 Å². The van der Waals surface area contributed by atoms with Crippen molar-refractivity contribution in [3.8, 4) is 17.0 Å². The van der Waals surface area contributed by atoms with Crippen LogP contribution in [-0.2, 0) is 6.54 Å². The van der Waals surface area contributed by atoms with Crippen molar-refractivity contribution in [3.63, 3.8) is 0 Å². The average molecular weight is 248 g/mol. The molecule has 3 nitrogen and oxygen atoms in total. The van der Waals surface area contributed by atoms with Gasteiger partial charge in [-0.25, -0.2) is 0 Å². The fourth-order valence-electron chi connectivity index (χ4n) is 1.83. The Kier molecular flexibility index (Phi) is 3.45. The second-order valence-electron chi connectivity index (χ2n) is 3.95. The first-order valence-electron chi connectivity index (χ1n) is 5.47. The SMILES string of the molecule is COc1ccc(-c2cc(CN)sn2)c(C)c1C. The van der Waals surface area contributed by atoms with Gasteiger partial charge in [-0.15, -0.1) is 0 Å². The minimum atomic E-state index is 0.547. The zero-order chi connectivity index (χ0) is 12.4. The van der Waals surface area contributed by atoms with E-state index in [0.717, 1.165) is 27.4 Å². The molecule has 90 valence electrons. The van der Waals surface area contributed by atoms with Gasteiger partial charge in [0.25, 0.3) is 0 Å². The predicted molar refractivity (Wildman–Crippen MR) is 71.5 cm³/mol. The van der Waals surface area contributed by atoms with Crippen molar-refractivity contribution >= 4 is 11.5 Å². The molecule has 0 saturated carbocycles. The summed E-state index contributed by atoms with van der Waals surface area (Å²) >= 11 is 1.46. The predicted octanol–water partition coefficient (Wildman–Crippen LogP) is 2.89. The molecule has 0 bridgehead atoms. The van der Waals surface area contributed by atoms with Crippen molar-refractivity contribution < 1.29 is 4.74 Å². The molecular formula is C13H16N2OS. The number of nitrogens with zero attached hydrogens (tertiary/aromatic N) is 1. The van der Waals surface area contributed by atoms with E-state index in [2.05, 4.69) is 30.4 Å². The number of rotatable bonds is 3. The fraction of sp³-hybridized carbons (Fsp3) is 0.308. The van der Waals surface area contributed by atoms with Gasteiger partial charge >= 0.3 is 0 Å². The van der Waals surface area contributed by atoms with Crippen LogP contribution in [0.2, 0.25) is 0 Å². The van der Waals surface area contributed by atoms with Crippen LogP contribution >= 0.6 is 11.5 Å². The van der Waals surface area contributed by atoms with Gasteiger partial charge in [0.2, 0.25) is 0 Å². The van der Waals surface area contributed by atoms with E-state index in [9.17, 15) is 0 Å². The highest BCUT2D eigenvalue weighted by Gasteiger charge is 2.11. The van der Waals surface area contributed by atoms with Gasteiger partial charge in [0.15, 0.2) is 0 Å². The van der Waals surface area contributed by atoms with Crippen molar-refractivity contribution in [1.82, 2.24) is 4.37 Å². The summed E-state index contributed by atoms with van der Waals surface area (Å²) in [7, 11) is 1.69. The van der Waals surface area contributed by atoms with Crippen LogP contribution in [0.5, 0.6) is 5.75 Å². The maximum Gasteiger partial charge on any atom is 0.122 e. The summed E-state index contributed by atoms with van der Waals surface area (Å²) in [4.78, 5) is 1.10. The molecule has 2 aromatic rings. The van der Waals surface area contributed by atoms with E-state index < -0.39 is 0 Å². The van der Waals surface area contributed by atoms with Gasteiger partial charge in [-0.3, -0.25) is 0 Å². The fourth-order valence-corrected chi connectivity index (χ4v) is 2.44. The third-order valence-corrected chi connectivity index (χ3v) is 3.80. The van der Waals surface area contributed by atoms with Gasteiger partial charge in [-0.05, 0) is 54.7 Å². The van der Waals surface area contributed by atoms with E-state index in [0.29, 0.717) is 6.54 Å². The molecule has 17 heavy (non-hydrogen) atoms. The molecule has 1 heterocycles. The van der Waals surface area contributed by atoms with Crippen molar-refractivity contribution in [1.29, 1.82) is 0 Å².